The van der Waals surface area contributed by atoms with Crippen molar-refractivity contribution in [3.05, 3.63) is 47.3 Å². The molecule has 1 heterocycles. The Bertz CT molecular complexity index is 776. The van der Waals surface area contributed by atoms with Gasteiger partial charge in [-0.1, -0.05) is 0 Å². The molecule has 21 heavy (non-hydrogen) atoms. The van der Waals surface area contributed by atoms with Gasteiger partial charge in [0.15, 0.2) is 0 Å². The Balaban J connectivity index is 2.09. The SMILES string of the molecule is Cc1cc2c(n1-c1ccc(S(N)(=O)=O)cc1)CCCC2O. The summed E-state index contributed by atoms with van der Waals surface area (Å²) in [5.74, 6) is 0. The van der Waals surface area contributed by atoms with Crippen LogP contribution in [0.5, 0.6) is 0 Å². The monoisotopic (exact) mass is 306 g/mol. The number of aliphatic hydroxyl groups excluding tert-OH is 1. The van der Waals surface area contributed by atoms with Gasteiger partial charge >= 0.3 is 0 Å². The Morgan fingerprint density at radius 1 is 1.29 bits per heavy atom. The lowest BCUT2D eigenvalue weighted by Crippen LogP contribution is -2.13. The lowest BCUT2D eigenvalue weighted by molar-refractivity contribution is 0.156. The maximum atomic E-state index is 11.3. The summed E-state index contributed by atoms with van der Waals surface area (Å²) in [6.07, 6.45) is 2.25. The molecule has 2 aromatic rings. The number of primary sulfonamides is 1. The molecule has 0 aliphatic heterocycles. The maximum absolute atomic E-state index is 11.3. The van der Waals surface area contributed by atoms with Gasteiger partial charge in [0.1, 0.15) is 0 Å². The molecular weight excluding hydrogens is 288 g/mol. The Hall–Kier alpha value is -1.63. The lowest BCUT2D eigenvalue weighted by atomic mass is 9.95. The van der Waals surface area contributed by atoms with Crippen LogP contribution in [0.4, 0.5) is 0 Å². The number of sulfonamides is 1. The number of aryl methyl sites for hydroxylation is 1. The first-order valence-electron chi connectivity index (χ1n) is 6.90. The Morgan fingerprint density at radius 3 is 2.57 bits per heavy atom. The van der Waals surface area contributed by atoms with Crippen LogP contribution in [0.2, 0.25) is 0 Å². The zero-order chi connectivity index (χ0) is 15.2. The molecule has 0 radical (unpaired) electrons. The van der Waals surface area contributed by atoms with E-state index in [1.807, 2.05) is 13.0 Å². The quantitative estimate of drug-likeness (QED) is 0.887. The second-order valence-electron chi connectivity index (χ2n) is 5.47. The van der Waals surface area contributed by atoms with Gasteiger partial charge in [-0.3, -0.25) is 0 Å². The molecule has 6 heteroatoms. The second kappa shape index (κ2) is 4.98. The third-order valence-electron chi connectivity index (χ3n) is 3.99. The predicted molar refractivity (Wildman–Crippen MR) is 79.8 cm³/mol. The minimum atomic E-state index is -3.67. The number of benzene rings is 1. The molecule has 0 saturated carbocycles. The number of rotatable bonds is 2. The van der Waals surface area contributed by atoms with E-state index in [0.717, 1.165) is 41.9 Å². The fraction of sp³-hybridized carbons (Fsp3) is 0.333. The lowest BCUT2D eigenvalue weighted by Gasteiger charge is -2.20. The van der Waals surface area contributed by atoms with E-state index in [-0.39, 0.29) is 4.90 Å². The van der Waals surface area contributed by atoms with Gasteiger partial charge < -0.3 is 9.67 Å². The fourth-order valence-corrected chi connectivity index (χ4v) is 3.54. The summed E-state index contributed by atoms with van der Waals surface area (Å²) in [4.78, 5) is 0.102. The summed E-state index contributed by atoms with van der Waals surface area (Å²) in [7, 11) is -3.67. The van der Waals surface area contributed by atoms with Crippen molar-refractivity contribution in [2.45, 2.75) is 37.2 Å². The van der Waals surface area contributed by atoms with Crippen LogP contribution in [0, 0.1) is 6.92 Å². The van der Waals surface area contributed by atoms with Crippen LogP contribution in [0.1, 0.15) is 35.9 Å². The number of fused-ring (bicyclic) bond motifs is 1. The van der Waals surface area contributed by atoms with Crippen molar-refractivity contribution in [1.29, 1.82) is 0 Å². The first kappa shape index (κ1) is 14.3. The van der Waals surface area contributed by atoms with Crippen LogP contribution in [0.3, 0.4) is 0 Å². The van der Waals surface area contributed by atoms with Crippen molar-refractivity contribution in [2.75, 3.05) is 0 Å². The van der Waals surface area contributed by atoms with Gasteiger partial charge in [-0.2, -0.15) is 0 Å². The molecule has 0 bridgehead atoms. The maximum Gasteiger partial charge on any atom is 0.238 e. The van der Waals surface area contributed by atoms with Gasteiger partial charge in [-0.05, 0) is 56.5 Å². The minimum absolute atomic E-state index is 0.102. The first-order valence-corrected chi connectivity index (χ1v) is 8.45. The summed E-state index contributed by atoms with van der Waals surface area (Å²) in [6, 6.07) is 8.51. The number of nitrogens with two attached hydrogens (primary N) is 1. The van der Waals surface area contributed by atoms with E-state index in [0.29, 0.717) is 0 Å². The molecule has 112 valence electrons. The highest BCUT2D eigenvalue weighted by Crippen LogP contribution is 2.34. The normalized spacial score (nSPS) is 18.5. The highest BCUT2D eigenvalue weighted by molar-refractivity contribution is 7.89. The minimum Gasteiger partial charge on any atom is -0.388 e. The van der Waals surface area contributed by atoms with Gasteiger partial charge in [0.05, 0.1) is 11.0 Å². The zero-order valence-corrected chi connectivity index (χ0v) is 12.6. The first-order chi connectivity index (χ1) is 9.88. The standard InChI is InChI=1S/C15H18N2O3S/c1-10-9-13-14(3-2-4-15(13)18)17(10)11-5-7-12(8-6-11)21(16,19)20/h5-9,15,18H,2-4H2,1H3,(H2,16,19,20). The molecule has 0 amide bonds. The van der Waals surface area contributed by atoms with Gasteiger partial charge in [-0.15, -0.1) is 0 Å². The molecule has 1 aliphatic rings. The summed E-state index contributed by atoms with van der Waals surface area (Å²) >= 11 is 0. The van der Waals surface area contributed by atoms with Crippen LogP contribution < -0.4 is 5.14 Å². The largest absolute Gasteiger partial charge is 0.388 e. The molecule has 1 aromatic heterocycles. The van der Waals surface area contributed by atoms with Crippen molar-refractivity contribution >= 4 is 10.0 Å². The number of hydrogen-bond donors (Lipinski definition) is 2. The molecule has 0 fully saturated rings. The third-order valence-corrected chi connectivity index (χ3v) is 4.92. The summed E-state index contributed by atoms with van der Waals surface area (Å²) in [6.45, 7) is 1.98. The zero-order valence-electron chi connectivity index (χ0n) is 11.8. The topological polar surface area (TPSA) is 85.3 Å². The van der Waals surface area contributed by atoms with Gasteiger partial charge in [0.2, 0.25) is 10.0 Å². The van der Waals surface area contributed by atoms with Crippen LogP contribution >= 0.6 is 0 Å². The van der Waals surface area contributed by atoms with E-state index in [4.69, 9.17) is 5.14 Å². The average molecular weight is 306 g/mol. The van der Waals surface area contributed by atoms with E-state index >= 15 is 0 Å². The van der Waals surface area contributed by atoms with E-state index in [2.05, 4.69) is 4.57 Å². The summed E-state index contributed by atoms with van der Waals surface area (Å²) < 4.78 is 24.7. The smallest absolute Gasteiger partial charge is 0.238 e. The summed E-state index contributed by atoms with van der Waals surface area (Å²) in [5, 5.41) is 15.2. The number of aliphatic hydroxyl groups is 1. The molecular formula is C15H18N2O3S. The Labute approximate surface area is 124 Å². The summed E-state index contributed by atoms with van der Waals surface area (Å²) in [5.41, 5.74) is 4.00. The molecule has 3 N–H and O–H groups in total. The molecule has 1 aliphatic carbocycles. The van der Waals surface area contributed by atoms with Crippen molar-refractivity contribution in [1.82, 2.24) is 4.57 Å². The Morgan fingerprint density at radius 2 is 1.95 bits per heavy atom. The molecule has 0 spiro atoms. The predicted octanol–water partition coefficient (Wildman–Crippen LogP) is 1.80. The van der Waals surface area contributed by atoms with Gasteiger partial charge in [0, 0.05) is 22.6 Å². The van der Waals surface area contributed by atoms with Crippen molar-refractivity contribution in [2.24, 2.45) is 5.14 Å². The van der Waals surface area contributed by atoms with Crippen LogP contribution in [-0.2, 0) is 16.4 Å². The third kappa shape index (κ3) is 2.50. The van der Waals surface area contributed by atoms with Crippen LogP contribution in [0.25, 0.3) is 5.69 Å². The molecule has 0 saturated heterocycles. The number of hydrogen-bond acceptors (Lipinski definition) is 3. The number of nitrogens with zero attached hydrogens (tertiary/aromatic N) is 1. The van der Waals surface area contributed by atoms with Crippen molar-refractivity contribution in [3.8, 4) is 5.69 Å². The molecule has 1 aromatic carbocycles. The second-order valence-corrected chi connectivity index (χ2v) is 7.03. The Kier molecular flexibility index (Phi) is 3.39. The number of aromatic nitrogens is 1. The van der Waals surface area contributed by atoms with Crippen molar-refractivity contribution < 1.29 is 13.5 Å². The van der Waals surface area contributed by atoms with E-state index < -0.39 is 16.1 Å². The highest BCUT2D eigenvalue weighted by Gasteiger charge is 2.23. The fourth-order valence-electron chi connectivity index (χ4n) is 3.02. The average Bonchev–Trinajstić information content (AvgIpc) is 2.76. The van der Waals surface area contributed by atoms with Gasteiger partial charge in [0.25, 0.3) is 0 Å². The van der Waals surface area contributed by atoms with Crippen LogP contribution in [-0.4, -0.2) is 18.1 Å². The van der Waals surface area contributed by atoms with Gasteiger partial charge in [-0.25, -0.2) is 13.6 Å². The molecule has 1 atom stereocenters. The van der Waals surface area contributed by atoms with Crippen LogP contribution in [0.15, 0.2) is 35.2 Å². The molecule has 5 nitrogen and oxygen atoms in total. The van der Waals surface area contributed by atoms with E-state index in [1.54, 1.807) is 12.1 Å². The molecule has 3 rings (SSSR count). The van der Waals surface area contributed by atoms with E-state index in [1.165, 1.54) is 12.1 Å². The molecule has 1 unspecified atom stereocenters. The highest BCUT2D eigenvalue weighted by atomic mass is 32.2. The van der Waals surface area contributed by atoms with E-state index in [9.17, 15) is 13.5 Å². The van der Waals surface area contributed by atoms with Crippen molar-refractivity contribution in [3.63, 3.8) is 0 Å².